The highest BCUT2D eigenvalue weighted by Gasteiger charge is 2.32. The molecule has 0 saturated carbocycles. The topological polar surface area (TPSA) is 68.1 Å². The molecule has 2 aromatic rings. The number of sulfonamides is 1. The smallest absolute Gasteiger partial charge is 0.262 e. The zero-order chi connectivity index (χ0) is 15.0. The average Bonchev–Trinajstić information content (AvgIpc) is 3.08. The summed E-state index contributed by atoms with van der Waals surface area (Å²) >= 11 is 1.67. The third kappa shape index (κ3) is 2.88. The minimum Gasteiger partial charge on any atom is -0.339 e. The molecule has 0 unspecified atom stereocenters. The zero-order valence-electron chi connectivity index (χ0n) is 12.1. The maximum atomic E-state index is 12.5. The largest absolute Gasteiger partial charge is 0.339 e. The summed E-state index contributed by atoms with van der Waals surface area (Å²) in [5.41, 5.74) is 1.04. The molecule has 6 nitrogen and oxygen atoms in total. The van der Waals surface area contributed by atoms with Crippen LogP contribution in [0.1, 0.15) is 29.5 Å². The Hall–Kier alpha value is -1.25. The zero-order valence-corrected chi connectivity index (χ0v) is 13.7. The van der Waals surface area contributed by atoms with Gasteiger partial charge in [0.15, 0.2) is 5.03 Å². The van der Waals surface area contributed by atoms with Crippen molar-refractivity contribution >= 4 is 21.4 Å². The molecule has 0 bridgehead atoms. The highest BCUT2D eigenvalue weighted by Crippen LogP contribution is 2.32. The second kappa shape index (κ2) is 5.51. The van der Waals surface area contributed by atoms with Crippen LogP contribution < -0.4 is 0 Å². The Morgan fingerprint density at radius 1 is 1.33 bits per heavy atom. The molecule has 0 atom stereocenters. The van der Waals surface area contributed by atoms with Crippen molar-refractivity contribution in [2.75, 3.05) is 13.1 Å². The second-order valence-electron chi connectivity index (χ2n) is 5.38. The first-order chi connectivity index (χ1) is 9.96. The van der Waals surface area contributed by atoms with E-state index < -0.39 is 10.0 Å². The second-order valence-corrected chi connectivity index (χ2v) is 8.16. The van der Waals surface area contributed by atoms with Crippen LogP contribution in [0.2, 0.25) is 0 Å². The minimum absolute atomic E-state index is 0.133. The summed E-state index contributed by atoms with van der Waals surface area (Å²) in [5.74, 6) is 0.374. The molecular weight excluding hydrogens is 308 g/mol. The Morgan fingerprint density at radius 3 is 2.57 bits per heavy atom. The molecule has 1 fully saturated rings. The van der Waals surface area contributed by atoms with Crippen molar-refractivity contribution in [1.29, 1.82) is 0 Å². The van der Waals surface area contributed by atoms with Crippen LogP contribution in [0, 0.1) is 6.92 Å². The number of aromatic nitrogens is 3. The molecule has 114 valence electrons. The van der Waals surface area contributed by atoms with Crippen LogP contribution in [-0.4, -0.2) is 40.3 Å². The number of rotatable bonds is 3. The van der Waals surface area contributed by atoms with Gasteiger partial charge in [-0.15, -0.1) is 11.3 Å². The van der Waals surface area contributed by atoms with E-state index in [1.54, 1.807) is 29.1 Å². The van der Waals surface area contributed by atoms with Gasteiger partial charge in [0.2, 0.25) is 0 Å². The predicted octanol–water partition coefficient (Wildman–Crippen LogP) is 1.75. The quantitative estimate of drug-likeness (QED) is 0.862. The van der Waals surface area contributed by atoms with Crippen LogP contribution in [-0.2, 0) is 17.1 Å². The average molecular weight is 326 g/mol. The molecule has 0 amide bonds. The van der Waals surface area contributed by atoms with Crippen molar-refractivity contribution in [1.82, 2.24) is 18.8 Å². The Morgan fingerprint density at radius 2 is 2.05 bits per heavy atom. The van der Waals surface area contributed by atoms with E-state index in [0.29, 0.717) is 19.0 Å². The third-order valence-electron chi connectivity index (χ3n) is 3.73. The standard InChI is InChI=1S/C13H18N4O2S2/c1-10-8-20-13(15-10)11-3-5-17(6-4-11)21(18,19)12-7-16(2)9-14-12/h7-9,11H,3-6H2,1-2H3. The van der Waals surface area contributed by atoms with Gasteiger partial charge in [0.1, 0.15) is 0 Å². The molecule has 8 heteroatoms. The number of nitrogens with zero attached hydrogens (tertiary/aromatic N) is 4. The predicted molar refractivity (Wildman–Crippen MR) is 80.8 cm³/mol. The molecule has 21 heavy (non-hydrogen) atoms. The van der Waals surface area contributed by atoms with Gasteiger partial charge < -0.3 is 4.57 Å². The van der Waals surface area contributed by atoms with Gasteiger partial charge in [-0.3, -0.25) is 0 Å². The van der Waals surface area contributed by atoms with E-state index in [9.17, 15) is 8.42 Å². The number of hydrogen-bond acceptors (Lipinski definition) is 5. The van der Waals surface area contributed by atoms with Gasteiger partial charge in [0, 0.05) is 43.3 Å². The van der Waals surface area contributed by atoms with Crippen molar-refractivity contribution < 1.29 is 8.42 Å². The number of aryl methyl sites for hydroxylation is 2. The Labute approximate surface area is 128 Å². The van der Waals surface area contributed by atoms with Gasteiger partial charge in [-0.05, 0) is 19.8 Å². The summed E-state index contributed by atoms with van der Waals surface area (Å²) in [7, 11) is -1.69. The van der Waals surface area contributed by atoms with Gasteiger partial charge in [0.25, 0.3) is 10.0 Å². The van der Waals surface area contributed by atoms with Gasteiger partial charge in [0.05, 0.1) is 11.3 Å². The monoisotopic (exact) mass is 326 g/mol. The fourth-order valence-electron chi connectivity index (χ4n) is 2.56. The Bertz CT molecular complexity index is 727. The van der Waals surface area contributed by atoms with Crippen LogP contribution in [0.25, 0.3) is 0 Å². The SMILES string of the molecule is Cc1csc(C2CCN(S(=O)(=O)c3cn(C)cn3)CC2)n1. The first-order valence-electron chi connectivity index (χ1n) is 6.87. The van der Waals surface area contributed by atoms with E-state index >= 15 is 0 Å². The van der Waals surface area contributed by atoms with Crippen molar-refractivity contribution in [2.24, 2.45) is 7.05 Å². The van der Waals surface area contributed by atoms with Gasteiger partial charge in [-0.25, -0.2) is 18.4 Å². The minimum atomic E-state index is -3.46. The summed E-state index contributed by atoms with van der Waals surface area (Å²) < 4.78 is 28.2. The first kappa shape index (κ1) is 14.7. The van der Waals surface area contributed by atoms with E-state index in [1.807, 2.05) is 12.3 Å². The van der Waals surface area contributed by atoms with E-state index in [4.69, 9.17) is 0 Å². The van der Waals surface area contributed by atoms with Crippen molar-refractivity contribution in [3.8, 4) is 0 Å². The van der Waals surface area contributed by atoms with Crippen LogP contribution in [0.5, 0.6) is 0 Å². The Balaban J connectivity index is 1.71. The van der Waals surface area contributed by atoms with Crippen molar-refractivity contribution in [3.05, 3.63) is 28.6 Å². The molecule has 1 saturated heterocycles. The molecule has 0 radical (unpaired) electrons. The molecular formula is C13H18N4O2S2. The fourth-order valence-corrected chi connectivity index (χ4v) is 4.96. The first-order valence-corrected chi connectivity index (χ1v) is 9.19. The van der Waals surface area contributed by atoms with Gasteiger partial charge in [-0.2, -0.15) is 4.31 Å². The van der Waals surface area contributed by atoms with Crippen LogP contribution in [0.4, 0.5) is 0 Å². The van der Waals surface area contributed by atoms with Gasteiger partial charge >= 0.3 is 0 Å². The molecule has 0 N–H and O–H groups in total. The maximum absolute atomic E-state index is 12.5. The third-order valence-corrected chi connectivity index (χ3v) is 6.63. The lowest BCUT2D eigenvalue weighted by Gasteiger charge is -2.29. The highest BCUT2D eigenvalue weighted by atomic mass is 32.2. The summed E-state index contributed by atoms with van der Waals surface area (Å²) in [6.07, 6.45) is 4.70. The molecule has 1 aliphatic rings. The molecule has 3 heterocycles. The van der Waals surface area contributed by atoms with Gasteiger partial charge in [-0.1, -0.05) is 0 Å². The summed E-state index contributed by atoms with van der Waals surface area (Å²) in [5, 5.41) is 3.31. The molecule has 0 spiro atoms. The van der Waals surface area contributed by atoms with Crippen LogP contribution >= 0.6 is 11.3 Å². The number of thiazole rings is 1. The number of hydrogen-bond donors (Lipinski definition) is 0. The van der Waals surface area contributed by atoms with Crippen LogP contribution in [0.15, 0.2) is 22.9 Å². The highest BCUT2D eigenvalue weighted by molar-refractivity contribution is 7.89. The summed E-state index contributed by atoms with van der Waals surface area (Å²) in [6.45, 7) is 3.05. The lowest BCUT2D eigenvalue weighted by molar-refractivity contribution is 0.318. The fraction of sp³-hybridized carbons (Fsp3) is 0.538. The van der Waals surface area contributed by atoms with Crippen LogP contribution in [0.3, 0.4) is 0 Å². The van der Waals surface area contributed by atoms with E-state index in [1.165, 1.54) is 10.6 Å². The molecule has 2 aromatic heterocycles. The molecule has 0 aliphatic carbocycles. The lowest BCUT2D eigenvalue weighted by Crippen LogP contribution is -2.38. The van der Waals surface area contributed by atoms with E-state index in [2.05, 4.69) is 9.97 Å². The van der Waals surface area contributed by atoms with Crippen molar-refractivity contribution in [2.45, 2.75) is 30.7 Å². The number of piperidine rings is 1. The number of imidazole rings is 1. The summed E-state index contributed by atoms with van der Waals surface area (Å²) in [4.78, 5) is 8.48. The van der Waals surface area contributed by atoms with E-state index in [0.717, 1.165) is 23.5 Å². The Kier molecular flexibility index (Phi) is 3.85. The lowest BCUT2D eigenvalue weighted by atomic mass is 9.99. The van der Waals surface area contributed by atoms with E-state index in [-0.39, 0.29) is 5.03 Å². The maximum Gasteiger partial charge on any atom is 0.262 e. The summed E-state index contributed by atoms with van der Waals surface area (Å²) in [6, 6.07) is 0. The molecule has 1 aliphatic heterocycles. The van der Waals surface area contributed by atoms with Crippen molar-refractivity contribution in [3.63, 3.8) is 0 Å². The normalized spacial score (nSPS) is 18.2. The molecule has 3 rings (SSSR count). The molecule has 0 aromatic carbocycles.